The molecule has 1 amide bonds. The lowest BCUT2D eigenvalue weighted by molar-refractivity contribution is -0.147. The molecule has 0 radical (unpaired) electrons. The topological polar surface area (TPSA) is 66.4 Å². The summed E-state index contributed by atoms with van der Waals surface area (Å²) in [5.41, 5.74) is -1.10. The van der Waals surface area contributed by atoms with E-state index < -0.39 is 11.5 Å². The number of rotatable bonds is 4. The minimum absolute atomic E-state index is 0.0322. The molecule has 0 aromatic heterocycles. The molecule has 3 atom stereocenters. The second-order valence-electron chi connectivity index (χ2n) is 6.33. The maximum absolute atomic E-state index is 12.4. The van der Waals surface area contributed by atoms with Crippen LogP contribution >= 0.6 is 23.2 Å². The van der Waals surface area contributed by atoms with E-state index in [0.29, 0.717) is 22.4 Å². The van der Waals surface area contributed by atoms with Crippen LogP contribution in [0.4, 0.5) is 0 Å². The first-order valence-electron chi connectivity index (χ1n) is 7.35. The molecule has 0 aliphatic heterocycles. The molecule has 2 aliphatic carbocycles. The molecule has 2 aliphatic rings. The average Bonchev–Trinajstić information content (AvgIpc) is 2.95. The Morgan fingerprint density at radius 2 is 1.86 bits per heavy atom. The van der Waals surface area contributed by atoms with E-state index in [1.54, 1.807) is 12.1 Å². The minimum atomic E-state index is -1.51. The molecular weight excluding hydrogens is 325 g/mol. The molecule has 2 fully saturated rings. The van der Waals surface area contributed by atoms with E-state index in [2.05, 4.69) is 5.32 Å². The average molecular weight is 342 g/mol. The number of amides is 1. The van der Waals surface area contributed by atoms with Gasteiger partial charge < -0.3 is 10.4 Å². The number of fused-ring (bicyclic) bond motifs is 1. The van der Waals surface area contributed by atoms with Gasteiger partial charge in [0.2, 0.25) is 5.91 Å². The number of hydrogen-bond donors (Lipinski definition) is 2. The van der Waals surface area contributed by atoms with Crippen LogP contribution in [0.1, 0.15) is 31.7 Å². The fourth-order valence-corrected chi connectivity index (χ4v) is 3.89. The monoisotopic (exact) mass is 341 g/mol. The van der Waals surface area contributed by atoms with Gasteiger partial charge in [0.1, 0.15) is 0 Å². The molecule has 2 N–H and O–H groups in total. The highest BCUT2D eigenvalue weighted by Crippen LogP contribution is 2.57. The van der Waals surface area contributed by atoms with Gasteiger partial charge in [0.25, 0.3) is 0 Å². The third-order valence-corrected chi connectivity index (χ3v) is 5.75. The van der Waals surface area contributed by atoms with Gasteiger partial charge in [0.05, 0.1) is 10.0 Å². The Kier molecular flexibility index (Phi) is 3.86. The Labute approximate surface area is 138 Å². The quantitative estimate of drug-likeness (QED) is 0.881. The lowest BCUT2D eigenvalue weighted by Crippen LogP contribution is -2.50. The summed E-state index contributed by atoms with van der Waals surface area (Å²) in [6.07, 6.45) is 3.31. The van der Waals surface area contributed by atoms with Crippen molar-refractivity contribution in [2.45, 2.75) is 31.7 Å². The van der Waals surface area contributed by atoms with Crippen LogP contribution in [0.2, 0.25) is 10.0 Å². The van der Waals surface area contributed by atoms with E-state index in [-0.39, 0.29) is 16.8 Å². The maximum atomic E-state index is 12.4. The molecular formula is C16H17Cl2NO3. The standard InChI is InChI=1S/C16H17Cl2NO3/c1-16(15(21)22,8-5-6-11(17)12(18)7-8)19-14(20)13-9-3-2-4-10(9)13/h5-7,9-10,13H,2-4H2,1H3,(H,19,20)(H,21,22). The second kappa shape index (κ2) is 5.43. The smallest absolute Gasteiger partial charge is 0.333 e. The normalized spacial score (nSPS) is 28.6. The number of aliphatic carboxylic acids is 1. The van der Waals surface area contributed by atoms with Gasteiger partial charge in [-0.3, -0.25) is 4.79 Å². The van der Waals surface area contributed by atoms with Gasteiger partial charge in [-0.1, -0.05) is 35.7 Å². The molecule has 118 valence electrons. The summed E-state index contributed by atoms with van der Waals surface area (Å²) < 4.78 is 0. The lowest BCUT2D eigenvalue weighted by Gasteiger charge is -2.27. The molecule has 3 unspecified atom stereocenters. The number of hydrogen-bond acceptors (Lipinski definition) is 2. The Bertz CT molecular complexity index is 638. The number of benzene rings is 1. The molecule has 0 heterocycles. The zero-order valence-corrected chi connectivity index (χ0v) is 13.6. The predicted octanol–water partition coefficient (Wildman–Crippen LogP) is 3.46. The van der Waals surface area contributed by atoms with Crippen molar-refractivity contribution in [1.29, 1.82) is 0 Å². The van der Waals surface area contributed by atoms with Gasteiger partial charge >= 0.3 is 5.97 Å². The van der Waals surface area contributed by atoms with Gasteiger partial charge in [-0.05, 0) is 49.3 Å². The van der Waals surface area contributed by atoms with Crippen molar-refractivity contribution in [2.75, 3.05) is 0 Å². The minimum Gasteiger partial charge on any atom is -0.479 e. The highest BCUT2D eigenvalue weighted by Gasteiger charge is 2.57. The molecule has 1 aromatic rings. The Hall–Kier alpha value is -1.26. The molecule has 1 aromatic carbocycles. The fourth-order valence-electron chi connectivity index (χ4n) is 3.60. The van der Waals surface area contributed by atoms with Crippen LogP contribution in [-0.4, -0.2) is 17.0 Å². The molecule has 22 heavy (non-hydrogen) atoms. The number of carboxylic acids is 1. The predicted molar refractivity (Wildman–Crippen MR) is 83.9 cm³/mol. The van der Waals surface area contributed by atoms with E-state index in [1.165, 1.54) is 19.4 Å². The third-order valence-electron chi connectivity index (χ3n) is 5.01. The summed E-state index contributed by atoms with van der Waals surface area (Å²) >= 11 is 11.9. The van der Waals surface area contributed by atoms with E-state index in [0.717, 1.165) is 12.8 Å². The third kappa shape index (κ3) is 2.48. The molecule has 0 bridgehead atoms. The molecule has 0 saturated heterocycles. The Morgan fingerprint density at radius 1 is 1.23 bits per heavy atom. The Morgan fingerprint density at radius 3 is 2.41 bits per heavy atom. The van der Waals surface area contributed by atoms with Crippen LogP contribution in [0.5, 0.6) is 0 Å². The van der Waals surface area contributed by atoms with Crippen LogP contribution in [0.25, 0.3) is 0 Å². The molecule has 2 saturated carbocycles. The summed E-state index contributed by atoms with van der Waals surface area (Å²) in [6, 6.07) is 4.61. The number of halogens is 2. The number of carboxylic acid groups (broad SMARTS) is 1. The van der Waals surface area contributed by atoms with Crippen molar-refractivity contribution >= 4 is 35.1 Å². The first-order chi connectivity index (χ1) is 10.3. The van der Waals surface area contributed by atoms with E-state index in [4.69, 9.17) is 23.2 Å². The zero-order valence-electron chi connectivity index (χ0n) is 12.1. The van der Waals surface area contributed by atoms with Gasteiger partial charge in [0, 0.05) is 5.92 Å². The van der Waals surface area contributed by atoms with Crippen molar-refractivity contribution in [2.24, 2.45) is 17.8 Å². The largest absolute Gasteiger partial charge is 0.479 e. The fraction of sp³-hybridized carbons (Fsp3) is 0.500. The summed E-state index contributed by atoms with van der Waals surface area (Å²) in [5, 5.41) is 12.9. The van der Waals surface area contributed by atoms with E-state index >= 15 is 0 Å². The highest BCUT2D eigenvalue weighted by molar-refractivity contribution is 6.42. The van der Waals surface area contributed by atoms with Crippen molar-refractivity contribution in [3.05, 3.63) is 33.8 Å². The summed E-state index contributed by atoms with van der Waals surface area (Å²) in [5.74, 6) is -0.454. The van der Waals surface area contributed by atoms with Crippen LogP contribution in [-0.2, 0) is 15.1 Å². The SMILES string of the molecule is CC(NC(=O)C1C2CCCC21)(C(=O)O)c1ccc(Cl)c(Cl)c1. The second-order valence-corrected chi connectivity index (χ2v) is 7.15. The van der Waals surface area contributed by atoms with Crippen molar-refractivity contribution in [3.63, 3.8) is 0 Å². The summed E-state index contributed by atoms with van der Waals surface area (Å²) in [7, 11) is 0. The number of carbonyl (C=O) groups excluding carboxylic acids is 1. The van der Waals surface area contributed by atoms with Crippen LogP contribution < -0.4 is 5.32 Å². The van der Waals surface area contributed by atoms with Gasteiger partial charge in [-0.15, -0.1) is 0 Å². The Balaban J connectivity index is 1.83. The molecule has 4 nitrogen and oxygen atoms in total. The maximum Gasteiger partial charge on any atom is 0.333 e. The van der Waals surface area contributed by atoms with Crippen molar-refractivity contribution in [1.82, 2.24) is 5.32 Å². The molecule has 3 rings (SSSR count). The van der Waals surface area contributed by atoms with Crippen LogP contribution in [0.15, 0.2) is 18.2 Å². The first-order valence-corrected chi connectivity index (χ1v) is 8.11. The summed E-state index contributed by atoms with van der Waals surface area (Å²) in [4.78, 5) is 24.2. The summed E-state index contributed by atoms with van der Waals surface area (Å²) in [6.45, 7) is 1.48. The van der Waals surface area contributed by atoms with Crippen molar-refractivity contribution < 1.29 is 14.7 Å². The molecule has 0 spiro atoms. The number of nitrogens with one attached hydrogen (secondary N) is 1. The highest BCUT2D eigenvalue weighted by atomic mass is 35.5. The lowest BCUT2D eigenvalue weighted by atomic mass is 9.91. The van der Waals surface area contributed by atoms with Crippen molar-refractivity contribution in [3.8, 4) is 0 Å². The van der Waals surface area contributed by atoms with Crippen LogP contribution in [0, 0.1) is 17.8 Å². The van der Waals surface area contributed by atoms with Crippen LogP contribution in [0.3, 0.4) is 0 Å². The van der Waals surface area contributed by atoms with E-state index in [9.17, 15) is 14.7 Å². The van der Waals surface area contributed by atoms with Gasteiger partial charge in [-0.25, -0.2) is 4.79 Å². The zero-order chi connectivity index (χ0) is 16.1. The first kappa shape index (κ1) is 15.6. The van der Waals surface area contributed by atoms with Gasteiger partial charge in [-0.2, -0.15) is 0 Å². The van der Waals surface area contributed by atoms with Gasteiger partial charge in [0.15, 0.2) is 5.54 Å². The van der Waals surface area contributed by atoms with E-state index in [1.807, 2.05) is 0 Å². The number of carbonyl (C=O) groups is 2. The molecule has 6 heteroatoms.